The number of hydrogen-bond donors (Lipinski definition) is 1. The average Bonchev–Trinajstić information content (AvgIpc) is 2.70. The second-order valence-electron chi connectivity index (χ2n) is 6.03. The Kier molecular flexibility index (Phi) is 6.95. The Balaban J connectivity index is 1.61. The van der Waals surface area contributed by atoms with E-state index in [1.165, 1.54) is 5.56 Å². The van der Waals surface area contributed by atoms with E-state index in [9.17, 15) is 4.79 Å². The second kappa shape index (κ2) is 9.62. The Morgan fingerprint density at radius 3 is 2.46 bits per heavy atom. The van der Waals surface area contributed by atoms with E-state index >= 15 is 0 Å². The SMILES string of the molecule is COc1ccc(NC(=O)c2ccc(OCCc3ccccc3)c(Br)c2)cc1Cl. The van der Waals surface area contributed by atoms with Crippen molar-refractivity contribution in [2.24, 2.45) is 0 Å². The van der Waals surface area contributed by atoms with Gasteiger partial charge in [-0.25, -0.2) is 0 Å². The van der Waals surface area contributed by atoms with Crippen LogP contribution < -0.4 is 14.8 Å². The van der Waals surface area contributed by atoms with Crippen LogP contribution in [0.1, 0.15) is 15.9 Å². The van der Waals surface area contributed by atoms with Gasteiger partial charge in [0.2, 0.25) is 0 Å². The Morgan fingerprint density at radius 1 is 1.04 bits per heavy atom. The number of hydrogen-bond acceptors (Lipinski definition) is 3. The first-order valence-electron chi connectivity index (χ1n) is 8.68. The molecule has 0 spiro atoms. The van der Waals surface area contributed by atoms with Gasteiger partial charge in [0.25, 0.3) is 5.91 Å². The largest absolute Gasteiger partial charge is 0.495 e. The van der Waals surface area contributed by atoms with Crippen LogP contribution in [0.4, 0.5) is 5.69 Å². The fourth-order valence-electron chi connectivity index (χ4n) is 2.63. The summed E-state index contributed by atoms with van der Waals surface area (Å²) in [5.41, 5.74) is 2.32. The van der Waals surface area contributed by atoms with Crippen LogP contribution in [0, 0.1) is 0 Å². The summed E-state index contributed by atoms with van der Waals surface area (Å²) in [6.07, 6.45) is 0.813. The van der Waals surface area contributed by atoms with Gasteiger partial charge in [-0.15, -0.1) is 0 Å². The highest BCUT2D eigenvalue weighted by molar-refractivity contribution is 9.10. The Morgan fingerprint density at radius 2 is 1.79 bits per heavy atom. The van der Waals surface area contributed by atoms with Crippen molar-refractivity contribution in [3.8, 4) is 11.5 Å². The molecule has 3 aromatic carbocycles. The van der Waals surface area contributed by atoms with Gasteiger partial charge in [0.05, 0.1) is 23.2 Å². The summed E-state index contributed by atoms with van der Waals surface area (Å²) in [6.45, 7) is 0.554. The molecule has 6 heteroatoms. The molecule has 0 bridgehead atoms. The van der Waals surface area contributed by atoms with E-state index in [2.05, 4.69) is 33.4 Å². The lowest BCUT2D eigenvalue weighted by molar-refractivity contribution is 0.102. The molecule has 0 unspecified atom stereocenters. The molecule has 0 aliphatic carbocycles. The van der Waals surface area contributed by atoms with Gasteiger partial charge in [0.15, 0.2) is 0 Å². The summed E-state index contributed by atoms with van der Waals surface area (Å²) >= 11 is 9.57. The topological polar surface area (TPSA) is 47.6 Å². The van der Waals surface area contributed by atoms with Crippen molar-refractivity contribution in [3.63, 3.8) is 0 Å². The summed E-state index contributed by atoms with van der Waals surface area (Å²) in [4.78, 5) is 12.5. The van der Waals surface area contributed by atoms with E-state index in [1.54, 1.807) is 43.5 Å². The number of rotatable bonds is 7. The highest BCUT2D eigenvalue weighted by Crippen LogP contribution is 2.29. The molecule has 0 aliphatic heterocycles. The maximum absolute atomic E-state index is 12.5. The molecular weight excluding hydrogens is 442 g/mol. The minimum absolute atomic E-state index is 0.238. The van der Waals surface area contributed by atoms with Gasteiger partial charge in [-0.05, 0) is 57.9 Å². The molecule has 1 amide bonds. The molecule has 144 valence electrons. The van der Waals surface area contributed by atoms with Gasteiger partial charge >= 0.3 is 0 Å². The van der Waals surface area contributed by atoms with Gasteiger partial charge in [-0.3, -0.25) is 4.79 Å². The Hall–Kier alpha value is -2.50. The van der Waals surface area contributed by atoms with Crippen molar-refractivity contribution >= 4 is 39.1 Å². The molecule has 0 atom stereocenters. The third-order valence-electron chi connectivity index (χ3n) is 4.09. The van der Waals surface area contributed by atoms with Crippen LogP contribution in [0.5, 0.6) is 11.5 Å². The Bertz CT molecular complexity index is 963. The lowest BCUT2D eigenvalue weighted by atomic mass is 10.1. The van der Waals surface area contributed by atoms with Crippen molar-refractivity contribution in [2.75, 3.05) is 19.0 Å². The summed E-state index contributed by atoms with van der Waals surface area (Å²) < 4.78 is 11.7. The molecule has 0 aromatic heterocycles. The first kappa shape index (κ1) is 20.2. The Labute approximate surface area is 177 Å². The number of nitrogens with one attached hydrogen (secondary N) is 1. The summed E-state index contributed by atoms with van der Waals surface area (Å²) in [6, 6.07) is 20.5. The molecule has 1 N–H and O–H groups in total. The van der Waals surface area contributed by atoms with E-state index in [-0.39, 0.29) is 5.91 Å². The lowest BCUT2D eigenvalue weighted by Gasteiger charge is -2.11. The number of halogens is 2. The fourth-order valence-corrected chi connectivity index (χ4v) is 3.38. The standard InChI is InChI=1S/C22H19BrClNO3/c1-27-21-10-8-17(14-19(21)24)25-22(26)16-7-9-20(18(23)13-16)28-12-11-15-5-3-2-4-6-15/h2-10,13-14H,11-12H2,1H3,(H,25,26). The molecule has 0 saturated heterocycles. The molecule has 0 saturated carbocycles. The van der Waals surface area contributed by atoms with E-state index in [4.69, 9.17) is 21.1 Å². The van der Waals surface area contributed by atoms with Crippen LogP contribution in [-0.2, 0) is 6.42 Å². The van der Waals surface area contributed by atoms with Crippen LogP contribution in [0.3, 0.4) is 0 Å². The van der Waals surface area contributed by atoms with Gasteiger partial charge in [-0.2, -0.15) is 0 Å². The zero-order valence-corrected chi connectivity index (χ0v) is 17.6. The van der Waals surface area contributed by atoms with Crippen molar-refractivity contribution in [1.29, 1.82) is 0 Å². The third-order valence-corrected chi connectivity index (χ3v) is 5.01. The van der Waals surface area contributed by atoms with Crippen molar-refractivity contribution < 1.29 is 14.3 Å². The quantitative estimate of drug-likeness (QED) is 0.471. The van der Waals surface area contributed by atoms with Crippen LogP contribution in [-0.4, -0.2) is 19.6 Å². The first-order valence-corrected chi connectivity index (χ1v) is 9.85. The number of ether oxygens (including phenoxy) is 2. The monoisotopic (exact) mass is 459 g/mol. The number of benzene rings is 3. The van der Waals surface area contributed by atoms with E-state index in [0.717, 1.165) is 10.9 Å². The number of anilines is 1. The smallest absolute Gasteiger partial charge is 0.255 e. The van der Waals surface area contributed by atoms with Gasteiger partial charge in [-0.1, -0.05) is 41.9 Å². The molecule has 0 radical (unpaired) electrons. The van der Waals surface area contributed by atoms with Crippen molar-refractivity contribution in [2.45, 2.75) is 6.42 Å². The predicted octanol–water partition coefficient (Wildman–Crippen LogP) is 5.98. The minimum atomic E-state index is -0.238. The highest BCUT2D eigenvalue weighted by Gasteiger charge is 2.11. The highest BCUT2D eigenvalue weighted by atomic mass is 79.9. The number of carbonyl (C=O) groups excluding carboxylic acids is 1. The van der Waals surface area contributed by atoms with Gasteiger partial charge in [0, 0.05) is 17.7 Å². The summed E-state index contributed by atoms with van der Waals surface area (Å²) in [7, 11) is 1.54. The first-order chi connectivity index (χ1) is 13.6. The maximum Gasteiger partial charge on any atom is 0.255 e. The maximum atomic E-state index is 12.5. The third kappa shape index (κ3) is 5.27. The summed E-state index contributed by atoms with van der Waals surface area (Å²) in [5, 5.41) is 3.26. The van der Waals surface area contributed by atoms with Crippen molar-refractivity contribution in [3.05, 3.63) is 87.4 Å². The molecular formula is C22H19BrClNO3. The van der Waals surface area contributed by atoms with Crippen LogP contribution in [0.2, 0.25) is 5.02 Å². The summed E-state index contributed by atoms with van der Waals surface area (Å²) in [5.74, 6) is 1.01. The fraction of sp³-hybridized carbons (Fsp3) is 0.136. The molecule has 0 aliphatic rings. The second-order valence-corrected chi connectivity index (χ2v) is 7.29. The van der Waals surface area contributed by atoms with Gasteiger partial charge in [0.1, 0.15) is 11.5 Å². The zero-order chi connectivity index (χ0) is 19.9. The normalized spacial score (nSPS) is 10.4. The zero-order valence-electron chi connectivity index (χ0n) is 15.2. The lowest BCUT2D eigenvalue weighted by Crippen LogP contribution is -2.12. The molecule has 28 heavy (non-hydrogen) atoms. The number of amides is 1. The van der Waals surface area contributed by atoms with E-state index < -0.39 is 0 Å². The molecule has 0 fully saturated rings. The van der Waals surface area contributed by atoms with Gasteiger partial charge < -0.3 is 14.8 Å². The van der Waals surface area contributed by atoms with Crippen molar-refractivity contribution in [1.82, 2.24) is 0 Å². The number of methoxy groups -OCH3 is 1. The number of carbonyl (C=O) groups is 1. The molecule has 3 rings (SSSR count). The predicted molar refractivity (Wildman–Crippen MR) is 116 cm³/mol. The molecule has 0 heterocycles. The van der Waals surface area contributed by atoms with Crippen LogP contribution in [0.15, 0.2) is 71.2 Å². The molecule has 3 aromatic rings. The molecule has 4 nitrogen and oxygen atoms in total. The van der Waals surface area contributed by atoms with E-state index in [0.29, 0.717) is 34.4 Å². The average molecular weight is 461 g/mol. The van der Waals surface area contributed by atoms with E-state index in [1.807, 2.05) is 18.2 Å². The van der Waals surface area contributed by atoms with Crippen LogP contribution >= 0.6 is 27.5 Å². The van der Waals surface area contributed by atoms with Crippen LogP contribution in [0.25, 0.3) is 0 Å². The minimum Gasteiger partial charge on any atom is -0.495 e.